The van der Waals surface area contributed by atoms with Gasteiger partial charge in [0.1, 0.15) is 0 Å². The van der Waals surface area contributed by atoms with Gasteiger partial charge in [0.15, 0.2) is 0 Å². The summed E-state index contributed by atoms with van der Waals surface area (Å²) in [7, 11) is 0. The molecule has 2 rings (SSSR count). The number of nitrogens with one attached hydrogen (secondary N) is 1. The zero-order valence-electron chi connectivity index (χ0n) is 12.1. The summed E-state index contributed by atoms with van der Waals surface area (Å²) >= 11 is 0. The molecule has 2 aliphatic heterocycles. The van der Waals surface area contributed by atoms with Crippen LogP contribution in [0.2, 0.25) is 0 Å². The average Bonchev–Trinajstić information content (AvgIpc) is 2.88. The Bertz CT molecular complexity index is 269. The van der Waals surface area contributed by atoms with Crippen molar-refractivity contribution in [2.24, 2.45) is 5.92 Å². The molecule has 0 aliphatic carbocycles. The number of likely N-dealkylation sites (tertiary alicyclic amines) is 2. The van der Waals surface area contributed by atoms with E-state index in [9.17, 15) is 13.2 Å². The van der Waals surface area contributed by atoms with Crippen LogP contribution in [0, 0.1) is 5.92 Å². The van der Waals surface area contributed by atoms with E-state index >= 15 is 0 Å². The van der Waals surface area contributed by atoms with Crippen molar-refractivity contribution < 1.29 is 13.2 Å². The summed E-state index contributed by atoms with van der Waals surface area (Å²) in [4.78, 5) is 4.84. The zero-order chi connectivity index (χ0) is 14.4. The molecule has 2 aliphatic rings. The molecule has 0 unspecified atom stereocenters. The van der Waals surface area contributed by atoms with E-state index in [4.69, 9.17) is 0 Å². The van der Waals surface area contributed by atoms with Crippen LogP contribution in [0.1, 0.15) is 25.7 Å². The van der Waals surface area contributed by atoms with Crippen molar-refractivity contribution in [3.63, 3.8) is 0 Å². The van der Waals surface area contributed by atoms with E-state index in [1.54, 1.807) is 0 Å². The molecular weight excluding hydrogens is 267 g/mol. The predicted molar refractivity (Wildman–Crippen MR) is 73.8 cm³/mol. The van der Waals surface area contributed by atoms with Crippen molar-refractivity contribution in [3.8, 4) is 0 Å². The number of hydrogen-bond donors (Lipinski definition) is 1. The molecule has 6 heteroatoms. The molecule has 2 heterocycles. The van der Waals surface area contributed by atoms with Crippen LogP contribution in [0.4, 0.5) is 13.2 Å². The molecule has 20 heavy (non-hydrogen) atoms. The molecule has 3 nitrogen and oxygen atoms in total. The summed E-state index contributed by atoms with van der Waals surface area (Å²) in [6.07, 6.45) is 0.960. The van der Waals surface area contributed by atoms with Gasteiger partial charge in [-0.3, -0.25) is 0 Å². The maximum atomic E-state index is 12.0. The standard InChI is InChI=1S/C14H26F3N3/c15-14(16,17)12-18-5-10-19-8-3-13(4-9-19)11-20-6-1-2-7-20/h13,18H,1-12H2. The topological polar surface area (TPSA) is 18.5 Å². The van der Waals surface area contributed by atoms with Gasteiger partial charge in [0.05, 0.1) is 6.54 Å². The molecular formula is C14H26F3N3. The Morgan fingerprint density at radius 1 is 0.950 bits per heavy atom. The second-order valence-electron chi connectivity index (χ2n) is 6.08. The molecule has 0 aromatic rings. The van der Waals surface area contributed by atoms with Crippen molar-refractivity contribution in [2.75, 3.05) is 52.4 Å². The number of alkyl halides is 3. The van der Waals surface area contributed by atoms with E-state index in [2.05, 4.69) is 15.1 Å². The van der Waals surface area contributed by atoms with E-state index in [1.807, 2.05) is 0 Å². The van der Waals surface area contributed by atoms with E-state index < -0.39 is 12.7 Å². The van der Waals surface area contributed by atoms with Gasteiger partial charge in [-0.15, -0.1) is 0 Å². The van der Waals surface area contributed by atoms with E-state index in [1.165, 1.54) is 45.3 Å². The first kappa shape index (κ1) is 16.0. The van der Waals surface area contributed by atoms with Crippen LogP contribution in [0.3, 0.4) is 0 Å². The van der Waals surface area contributed by atoms with Crippen molar-refractivity contribution in [1.82, 2.24) is 15.1 Å². The maximum absolute atomic E-state index is 12.0. The molecule has 0 aromatic heterocycles. The molecule has 0 saturated carbocycles. The number of rotatable bonds is 6. The Morgan fingerprint density at radius 3 is 2.20 bits per heavy atom. The summed E-state index contributed by atoms with van der Waals surface area (Å²) in [6.45, 7) is 6.07. The molecule has 1 N–H and O–H groups in total. The van der Waals surface area contributed by atoms with E-state index in [-0.39, 0.29) is 0 Å². The van der Waals surface area contributed by atoms with Gasteiger partial charge >= 0.3 is 6.18 Å². The number of piperidine rings is 1. The van der Waals surface area contributed by atoms with Crippen LogP contribution in [0.15, 0.2) is 0 Å². The first-order valence-corrected chi connectivity index (χ1v) is 7.75. The van der Waals surface area contributed by atoms with Gasteiger partial charge in [-0.2, -0.15) is 13.2 Å². The van der Waals surface area contributed by atoms with E-state index in [0.717, 1.165) is 25.6 Å². The van der Waals surface area contributed by atoms with Gasteiger partial charge in [-0.05, 0) is 57.8 Å². The monoisotopic (exact) mass is 293 g/mol. The SMILES string of the molecule is FC(F)(F)CNCCN1CCC(CN2CCCC2)CC1. The lowest BCUT2D eigenvalue weighted by Crippen LogP contribution is -2.42. The Balaban J connectivity index is 1.52. The number of halogens is 3. The van der Waals surface area contributed by atoms with Crippen LogP contribution in [0.25, 0.3) is 0 Å². The molecule has 0 atom stereocenters. The van der Waals surface area contributed by atoms with Crippen LogP contribution >= 0.6 is 0 Å². The largest absolute Gasteiger partial charge is 0.401 e. The highest BCUT2D eigenvalue weighted by Gasteiger charge is 2.26. The third-order valence-electron chi connectivity index (χ3n) is 4.35. The quantitative estimate of drug-likeness (QED) is 0.755. The van der Waals surface area contributed by atoms with Gasteiger partial charge in [-0.25, -0.2) is 0 Å². The minimum absolute atomic E-state index is 0.427. The van der Waals surface area contributed by atoms with Crippen molar-refractivity contribution >= 4 is 0 Å². The highest BCUT2D eigenvalue weighted by Crippen LogP contribution is 2.20. The lowest BCUT2D eigenvalue weighted by atomic mass is 9.96. The summed E-state index contributed by atoms with van der Waals surface area (Å²) < 4.78 is 36.0. The molecule has 0 radical (unpaired) electrons. The summed E-state index contributed by atoms with van der Waals surface area (Å²) in [5, 5.41) is 2.47. The third kappa shape index (κ3) is 5.97. The molecule has 2 fully saturated rings. The smallest absolute Gasteiger partial charge is 0.307 e. The first-order valence-electron chi connectivity index (χ1n) is 7.75. The van der Waals surface area contributed by atoms with Crippen LogP contribution in [-0.2, 0) is 0 Å². The Kier molecular flexibility index (Phi) is 6.11. The molecule has 118 valence electrons. The lowest BCUT2D eigenvalue weighted by molar-refractivity contribution is -0.124. The minimum Gasteiger partial charge on any atom is -0.307 e. The van der Waals surface area contributed by atoms with Crippen LogP contribution in [-0.4, -0.2) is 68.3 Å². The Labute approximate surface area is 119 Å². The molecule has 0 bridgehead atoms. The zero-order valence-corrected chi connectivity index (χ0v) is 12.1. The van der Waals surface area contributed by atoms with Gasteiger partial charge in [0.2, 0.25) is 0 Å². The summed E-state index contributed by atoms with van der Waals surface area (Å²) in [5.41, 5.74) is 0. The summed E-state index contributed by atoms with van der Waals surface area (Å²) in [5.74, 6) is 0.785. The molecule has 0 spiro atoms. The van der Waals surface area contributed by atoms with Gasteiger partial charge in [0.25, 0.3) is 0 Å². The highest BCUT2D eigenvalue weighted by atomic mass is 19.4. The fourth-order valence-electron chi connectivity index (χ4n) is 3.19. The third-order valence-corrected chi connectivity index (χ3v) is 4.35. The minimum atomic E-state index is -4.09. The Hall–Kier alpha value is -0.330. The predicted octanol–water partition coefficient (Wildman–Crippen LogP) is 1.95. The highest BCUT2D eigenvalue weighted by molar-refractivity contribution is 4.77. The maximum Gasteiger partial charge on any atom is 0.401 e. The van der Waals surface area contributed by atoms with Crippen molar-refractivity contribution in [2.45, 2.75) is 31.9 Å². The number of hydrogen-bond acceptors (Lipinski definition) is 3. The van der Waals surface area contributed by atoms with Crippen LogP contribution in [0.5, 0.6) is 0 Å². The lowest BCUT2D eigenvalue weighted by Gasteiger charge is -2.33. The molecule has 0 aromatic carbocycles. The fourth-order valence-corrected chi connectivity index (χ4v) is 3.19. The average molecular weight is 293 g/mol. The van der Waals surface area contributed by atoms with Crippen molar-refractivity contribution in [1.29, 1.82) is 0 Å². The second kappa shape index (κ2) is 7.61. The second-order valence-corrected chi connectivity index (χ2v) is 6.08. The molecule has 2 saturated heterocycles. The molecule has 0 amide bonds. The van der Waals surface area contributed by atoms with Gasteiger partial charge in [-0.1, -0.05) is 0 Å². The van der Waals surface area contributed by atoms with Gasteiger partial charge in [0, 0.05) is 19.6 Å². The normalized spacial score (nSPS) is 23.6. The van der Waals surface area contributed by atoms with Gasteiger partial charge < -0.3 is 15.1 Å². The van der Waals surface area contributed by atoms with Crippen LogP contribution < -0.4 is 5.32 Å². The summed E-state index contributed by atoms with van der Waals surface area (Å²) in [6, 6.07) is 0. The first-order chi connectivity index (χ1) is 9.53. The number of nitrogens with zero attached hydrogens (tertiary/aromatic N) is 2. The van der Waals surface area contributed by atoms with Crippen molar-refractivity contribution in [3.05, 3.63) is 0 Å². The Morgan fingerprint density at radius 2 is 1.60 bits per heavy atom. The fraction of sp³-hybridized carbons (Fsp3) is 1.00. The van der Waals surface area contributed by atoms with E-state index in [0.29, 0.717) is 6.54 Å².